The summed E-state index contributed by atoms with van der Waals surface area (Å²) < 4.78 is 3.30. The first-order valence-electron chi connectivity index (χ1n) is 6.87. The summed E-state index contributed by atoms with van der Waals surface area (Å²) in [6.45, 7) is 0. The zero-order chi connectivity index (χ0) is 14.7. The Kier molecular flexibility index (Phi) is 4.27. The zero-order valence-corrected chi connectivity index (χ0v) is 11.9. The highest BCUT2D eigenvalue weighted by molar-refractivity contribution is 5.76. The second-order valence-electron chi connectivity index (χ2n) is 5.18. The quantitative estimate of drug-likeness (QED) is 0.821. The molecule has 1 heterocycles. The summed E-state index contributed by atoms with van der Waals surface area (Å²) in [7, 11) is 3.55. The van der Waals surface area contributed by atoms with Gasteiger partial charge in [-0.2, -0.15) is 0 Å². The van der Waals surface area contributed by atoms with Crippen molar-refractivity contribution in [1.82, 2.24) is 9.13 Å². The molecular formula is C15H20N2O3. The van der Waals surface area contributed by atoms with Gasteiger partial charge in [0.2, 0.25) is 0 Å². The second-order valence-corrected chi connectivity index (χ2v) is 5.18. The van der Waals surface area contributed by atoms with E-state index in [4.69, 9.17) is 5.11 Å². The molecule has 0 radical (unpaired) electrons. The molecule has 0 atom stereocenters. The van der Waals surface area contributed by atoms with Gasteiger partial charge in [-0.1, -0.05) is 12.5 Å². The SMILES string of the molecule is Cn1c(=O)n(C)c2cc(CCCCCC(=O)O)ccc21. The fraction of sp³-hybridized carbons (Fsp3) is 0.467. The van der Waals surface area contributed by atoms with Gasteiger partial charge in [0.1, 0.15) is 0 Å². The lowest BCUT2D eigenvalue weighted by molar-refractivity contribution is -0.137. The zero-order valence-electron chi connectivity index (χ0n) is 11.9. The highest BCUT2D eigenvalue weighted by Crippen LogP contribution is 2.16. The van der Waals surface area contributed by atoms with Crippen LogP contribution in [0.4, 0.5) is 0 Å². The van der Waals surface area contributed by atoms with Crippen LogP contribution >= 0.6 is 0 Å². The van der Waals surface area contributed by atoms with E-state index in [1.54, 1.807) is 23.2 Å². The Bertz CT molecular complexity index is 682. The largest absolute Gasteiger partial charge is 0.481 e. The van der Waals surface area contributed by atoms with Crippen molar-refractivity contribution in [3.05, 3.63) is 34.2 Å². The van der Waals surface area contributed by atoms with Gasteiger partial charge in [0, 0.05) is 20.5 Å². The number of carboxylic acids is 1. The molecule has 5 nitrogen and oxygen atoms in total. The molecule has 1 aromatic carbocycles. The molecule has 0 bridgehead atoms. The lowest BCUT2D eigenvalue weighted by Crippen LogP contribution is -2.19. The van der Waals surface area contributed by atoms with Crippen molar-refractivity contribution >= 4 is 17.0 Å². The molecule has 2 rings (SSSR count). The number of carboxylic acid groups (broad SMARTS) is 1. The minimum Gasteiger partial charge on any atom is -0.481 e. The van der Waals surface area contributed by atoms with Gasteiger partial charge in [-0.05, 0) is 37.0 Å². The number of fused-ring (bicyclic) bond motifs is 1. The van der Waals surface area contributed by atoms with Crippen LogP contribution < -0.4 is 5.69 Å². The Morgan fingerprint density at radius 3 is 2.50 bits per heavy atom. The van der Waals surface area contributed by atoms with Crippen molar-refractivity contribution < 1.29 is 9.90 Å². The molecule has 2 aromatic rings. The number of unbranched alkanes of at least 4 members (excludes halogenated alkanes) is 2. The van der Waals surface area contributed by atoms with Crippen molar-refractivity contribution in [3.8, 4) is 0 Å². The molecule has 20 heavy (non-hydrogen) atoms. The van der Waals surface area contributed by atoms with Crippen LogP contribution in [0.5, 0.6) is 0 Å². The Labute approximate surface area is 117 Å². The third-order valence-electron chi connectivity index (χ3n) is 3.69. The fourth-order valence-electron chi connectivity index (χ4n) is 2.49. The number of imidazole rings is 1. The van der Waals surface area contributed by atoms with E-state index in [0.717, 1.165) is 36.7 Å². The molecule has 5 heteroatoms. The molecule has 0 fully saturated rings. The van der Waals surface area contributed by atoms with Crippen LogP contribution in [0.15, 0.2) is 23.0 Å². The maximum atomic E-state index is 11.8. The number of aromatic nitrogens is 2. The molecular weight excluding hydrogens is 256 g/mol. The summed E-state index contributed by atoms with van der Waals surface area (Å²) in [6.07, 6.45) is 3.77. The van der Waals surface area contributed by atoms with E-state index in [-0.39, 0.29) is 12.1 Å². The van der Waals surface area contributed by atoms with Crippen LogP contribution in [0.1, 0.15) is 31.2 Å². The maximum absolute atomic E-state index is 11.8. The van der Waals surface area contributed by atoms with Crippen LogP contribution in [0.2, 0.25) is 0 Å². The molecule has 1 N–H and O–H groups in total. The second kappa shape index (κ2) is 5.94. The lowest BCUT2D eigenvalue weighted by Gasteiger charge is -2.03. The number of aliphatic carboxylic acids is 1. The van der Waals surface area contributed by atoms with Gasteiger partial charge in [-0.25, -0.2) is 4.79 Å². The van der Waals surface area contributed by atoms with Crippen LogP contribution in [0.3, 0.4) is 0 Å². The highest BCUT2D eigenvalue weighted by Gasteiger charge is 2.07. The number of nitrogens with zero attached hydrogens (tertiary/aromatic N) is 2. The summed E-state index contributed by atoms with van der Waals surface area (Å²) >= 11 is 0. The van der Waals surface area contributed by atoms with E-state index in [9.17, 15) is 9.59 Å². The topological polar surface area (TPSA) is 64.2 Å². The normalized spacial score (nSPS) is 11.1. The van der Waals surface area contributed by atoms with Crippen molar-refractivity contribution in [1.29, 1.82) is 0 Å². The minimum absolute atomic E-state index is 0.0152. The first-order chi connectivity index (χ1) is 9.50. The molecule has 0 spiro atoms. The van der Waals surface area contributed by atoms with Gasteiger partial charge in [0.15, 0.2) is 0 Å². The Balaban J connectivity index is 2.03. The van der Waals surface area contributed by atoms with Crippen molar-refractivity contribution in [3.63, 3.8) is 0 Å². The first-order valence-corrected chi connectivity index (χ1v) is 6.87. The number of hydrogen-bond acceptors (Lipinski definition) is 2. The smallest absolute Gasteiger partial charge is 0.328 e. The summed E-state index contributed by atoms with van der Waals surface area (Å²) in [6, 6.07) is 6.07. The van der Waals surface area contributed by atoms with E-state index in [2.05, 4.69) is 0 Å². The standard InChI is InChI=1S/C15H20N2O3/c1-16-12-9-8-11(6-4-3-5-7-14(18)19)10-13(12)17(2)15(16)20/h8-10H,3-7H2,1-2H3,(H,18,19). The van der Waals surface area contributed by atoms with Crippen molar-refractivity contribution in [2.24, 2.45) is 14.1 Å². The first kappa shape index (κ1) is 14.4. The molecule has 1 aromatic heterocycles. The Morgan fingerprint density at radius 2 is 1.80 bits per heavy atom. The molecule has 0 aliphatic rings. The van der Waals surface area contributed by atoms with E-state index >= 15 is 0 Å². The lowest BCUT2D eigenvalue weighted by atomic mass is 10.1. The van der Waals surface area contributed by atoms with Gasteiger partial charge in [0.05, 0.1) is 11.0 Å². The summed E-state index contributed by atoms with van der Waals surface area (Å²) in [4.78, 5) is 22.2. The summed E-state index contributed by atoms with van der Waals surface area (Å²) in [5, 5.41) is 8.57. The molecule has 108 valence electrons. The molecule has 0 aliphatic heterocycles. The number of rotatable bonds is 6. The van der Waals surface area contributed by atoms with Gasteiger partial charge < -0.3 is 5.11 Å². The van der Waals surface area contributed by atoms with E-state index in [0.29, 0.717) is 0 Å². The molecule has 0 saturated heterocycles. The third kappa shape index (κ3) is 2.92. The maximum Gasteiger partial charge on any atom is 0.328 e. The van der Waals surface area contributed by atoms with E-state index in [1.165, 1.54) is 5.56 Å². The predicted molar refractivity (Wildman–Crippen MR) is 78.0 cm³/mol. The van der Waals surface area contributed by atoms with E-state index in [1.807, 2.05) is 18.2 Å². The van der Waals surface area contributed by atoms with Crippen molar-refractivity contribution in [2.45, 2.75) is 32.1 Å². The average Bonchev–Trinajstić information content (AvgIpc) is 2.63. The van der Waals surface area contributed by atoms with Gasteiger partial charge in [-0.15, -0.1) is 0 Å². The molecule has 0 saturated carbocycles. The van der Waals surface area contributed by atoms with Gasteiger partial charge in [-0.3, -0.25) is 13.9 Å². The molecule has 0 unspecified atom stereocenters. The predicted octanol–water partition coefficient (Wildman–Crippen LogP) is 2.06. The fourth-order valence-corrected chi connectivity index (χ4v) is 2.49. The highest BCUT2D eigenvalue weighted by atomic mass is 16.4. The number of aryl methyl sites for hydroxylation is 3. The van der Waals surface area contributed by atoms with Crippen LogP contribution in [-0.2, 0) is 25.3 Å². The van der Waals surface area contributed by atoms with Crippen LogP contribution in [0, 0.1) is 0 Å². The van der Waals surface area contributed by atoms with Gasteiger partial charge >= 0.3 is 11.7 Å². The minimum atomic E-state index is -0.731. The van der Waals surface area contributed by atoms with Crippen LogP contribution in [-0.4, -0.2) is 20.2 Å². The average molecular weight is 276 g/mol. The Hall–Kier alpha value is -2.04. The van der Waals surface area contributed by atoms with Crippen molar-refractivity contribution in [2.75, 3.05) is 0 Å². The third-order valence-corrected chi connectivity index (χ3v) is 3.69. The monoisotopic (exact) mass is 276 g/mol. The van der Waals surface area contributed by atoms with E-state index < -0.39 is 5.97 Å². The summed E-state index contributed by atoms with van der Waals surface area (Å²) in [5.41, 5.74) is 3.06. The number of benzene rings is 1. The summed E-state index contributed by atoms with van der Waals surface area (Å²) in [5.74, 6) is -0.731. The number of hydrogen-bond donors (Lipinski definition) is 1. The van der Waals surface area contributed by atoms with Gasteiger partial charge in [0.25, 0.3) is 0 Å². The number of carbonyl (C=O) groups is 1. The Morgan fingerprint density at radius 1 is 1.10 bits per heavy atom. The molecule has 0 amide bonds. The molecule has 0 aliphatic carbocycles. The van der Waals surface area contributed by atoms with Crippen LogP contribution in [0.25, 0.3) is 11.0 Å².